The van der Waals surface area contributed by atoms with Crippen LogP contribution in [0.3, 0.4) is 0 Å². The molecule has 0 bridgehead atoms. The highest BCUT2D eigenvalue weighted by Crippen LogP contribution is 2.25. The molecule has 2 N–H and O–H groups in total. The van der Waals surface area contributed by atoms with Gasteiger partial charge in [0.25, 0.3) is 5.91 Å². The number of halogens is 2. The van der Waals surface area contributed by atoms with Crippen LogP contribution in [0.15, 0.2) is 53.9 Å². The minimum absolute atomic E-state index is 0.229. The van der Waals surface area contributed by atoms with Gasteiger partial charge in [-0.25, -0.2) is 9.78 Å². The molecule has 0 saturated carbocycles. The molecule has 0 atom stereocenters. The molecule has 0 radical (unpaired) electrons. The van der Waals surface area contributed by atoms with Crippen molar-refractivity contribution in [1.82, 2.24) is 15.2 Å². The van der Waals surface area contributed by atoms with Crippen LogP contribution in [0.25, 0.3) is 0 Å². The van der Waals surface area contributed by atoms with Crippen LogP contribution in [-0.4, -0.2) is 42.1 Å². The van der Waals surface area contributed by atoms with Crippen molar-refractivity contribution >= 4 is 52.2 Å². The van der Waals surface area contributed by atoms with E-state index >= 15 is 0 Å². The summed E-state index contributed by atoms with van der Waals surface area (Å²) in [6, 6.07) is 14.1. The van der Waals surface area contributed by atoms with E-state index in [1.165, 1.54) is 11.3 Å². The van der Waals surface area contributed by atoms with Gasteiger partial charge in [-0.3, -0.25) is 4.79 Å². The summed E-state index contributed by atoms with van der Waals surface area (Å²) < 4.78 is 5.12. The number of carbonyl (C=O) groups excluding carboxylic acids is 2. The molecule has 168 valence electrons. The molecule has 3 aromatic rings. The number of thiazole rings is 1. The topological polar surface area (TPSA) is 83.6 Å². The fraction of sp³-hybridized carbons (Fsp3) is 0.227. The molecule has 0 spiro atoms. The number of anilines is 1. The number of aromatic nitrogens is 1. The first kappa shape index (κ1) is 24.0. The maximum Gasteiger partial charge on any atom is 0.322 e. The molecule has 0 unspecified atom stereocenters. The van der Waals surface area contributed by atoms with Crippen LogP contribution in [0, 0.1) is 0 Å². The van der Waals surface area contributed by atoms with E-state index in [0.717, 1.165) is 5.56 Å². The first-order valence-corrected chi connectivity index (χ1v) is 11.4. The van der Waals surface area contributed by atoms with E-state index in [2.05, 4.69) is 15.6 Å². The Morgan fingerprint density at radius 1 is 1.12 bits per heavy atom. The maximum atomic E-state index is 12.8. The number of nitrogens with zero attached hydrogens (tertiary/aromatic N) is 2. The normalized spacial score (nSPS) is 10.6. The van der Waals surface area contributed by atoms with Crippen molar-refractivity contribution < 1.29 is 14.3 Å². The fourth-order valence-corrected chi connectivity index (χ4v) is 3.84. The first-order valence-electron chi connectivity index (χ1n) is 9.72. The van der Waals surface area contributed by atoms with E-state index in [0.29, 0.717) is 46.1 Å². The number of amides is 3. The molecule has 7 nitrogen and oxygen atoms in total. The molecule has 0 saturated heterocycles. The van der Waals surface area contributed by atoms with Crippen LogP contribution in [-0.2, 0) is 17.8 Å². The van der Waals surface area contributed by atoms with Crippen LogP contribution < -0.4 is 10.6 Å². The van der Waals surface area contributed by atoms with Gasteiger partial charge in [0, 0.05) is 31.3 Å². The summed E-state index contributed by atoms with van der Waals surface area (Å²) in [4.78, 5) is 31.2. The highest BCUT2D eigenvalue weighted by molar-refractivity contribution is 7.09. The summed E-state index contributed by atoms with van der Waals surface area (Å²) in [5.41, 5.74) is 1.84. The number of methoxy groups -OCH3 is 1. The Bertz CT molecular complexity index is 1060. The number of benzene rings is 2. The lowest BCUT2D eigenvalue weighted by Crippen LogP contribution is -2.36. The van der Waals surface area contributed by atoms with Gasteiger partial charge >= 0.3 is 6.03 Å². The van der Waals surface area contributed by atoms with Crippen molar-refractivity contribution in [3.63, 3.8) is 0 Å². The lowest BCUT2D eigenvalue weighted by molar-refractivity contribution is 0.0946. The van der Waals surface area contributed by atoms with E-state index in [-0.39, 0.29) is 18.5 Å². The third-order valence-electron chi connectivity index (χ3n) is 4.43. The zero-order valence-corrected chi connectivity index (χ0v) is 19.6. The lowest BCUT2D eigenvalue weighted by Gasteiger charge is -2.22. The minimum Gasteiger partial charge on any atom is -0.383 e. The predicted molar refractivity (Wildman–Crippen MR) is 127 cm³/mol. The van der Waals surface area contributed by atoms with Crippen molar-refractivity contribution in [1.29, 1.82) is 0 Å². The molecular weight excluding hydrogens is 471 g/mol. The second kappa shape index (κ2) is 11.8. The number of urea groups is 1. The monoisotopic (exact) mass is 492 g/mol. The Morgan fingerprint density at radius 3 is 2.62 bits per heavy atom. The van der Waals surface area contributed by atoms with Gasteiger partial charge in [-0.15, -0.1) is 11.3 Å². The predicted octanol–water partition coefficient (Wildman–Crippen LogP) is 5.06. The van der Waals surface area contributed by atoms with Crippen LogP contribution in [0.5, 0.6) is 0 Å². The van der Waals surface area contributed by atoms with Crippen molar-refractivity contribution in [3.05, 3.63) is 80.2 Å². The quantitative estimate of drug-likeness (QED) is 0.437. The summed E-state index contributed by atoms with van der Waals surface area (Å²) in [6.07, 6.45) is 0. The van der Waals surface area contributed by atoms with E-state index in [9.17, 15) is 9.59 Å². The smallest absolute Gasteiger partial charge is 0.322 e. The van der Waals surface area contributed by atoms with Crippen molar-refractivity contribution in [2.45, 2.75) is 13.1 Å². The number of hydrogen-bond acceptors (Lipinski definition) is 5. The molecule has 1 heterocycles. The number of rotatable bonds is 9. The molecule has 0 fully saturated rings. The van der Waals surface area contributed by atoms with Crippen molar-refractivity contribution in [3.8, 4) is 0 Å². The van der Waals surface area contributed by atoms with Crippen LogP contribution in [0.2, 0.25) is 10.0 Å². The Balaban J connectivity index is 1.62. The summed E-state index contributed by atoms with van der Waals surface area (Å²) in [5, 5.41) is 8.71. The molecule has 3 rings (SSSR count). The molecule has 2 aromatic carbocycles. The van der Waals surface area contributed by atoms with Gasteiger partial charge in [-0.05, 0) is 23.8 Å². The van der Waals surface area contributed by atoms with E-state index in [1.54, 1.807) is 35.6 Å². The molecule has 3 amide bonds. The number of carbonyl (C=O) groups is 2. The highest BCUT2D eigenvalue weighted by atomic mass is 35.5. The number of ether oxygens (including phenoxy) is 1. The molecule has 10 heteroatoms. The molecule has 32 heavy (non-hydrogen) atoms. The largest absolute Gasteiger partial charge is 0.383 e. The van der Waals surface area contributed by atoms with Gasteiger partial charge < -0.3 is 20.3 Å². The third kappa shape index (κ3) is 6.93. The minimum atomic E-state index is -0.342. The molecule has 1 aromatic heterocycles. The van der Waals surface area contributed by atoms with Gasteiger partial charge in [0.2, 0.25) is 0 Å². The van der Waals surface area contributed by atoms with E-state index in [4.69, 9.17) is 27.9 Å². The second-order valence-corrected chi connectivity index (χ2v) is 8.53. The molecular formula is C22H22Cl2N4O3S. The van der Waals surface area contributed by atoms with E-state index in [1.807, 2.05) is 30.3 Å². The van der Waals surface area contributed by atoms with Crippen LogP contribution >= 0.6 is 34.5 Å². The summed E-state index contributed by atoms with van der Waals surface area (Å²) >= 11 is 13.3. The van der Waals surface area contributed by atoms with Gasteiger partial charge in [0.15, 0.2) is 0 Å². The Morgan fingerprint density at radius 2 is 1.91 bits per heavy atom. The van der Waals surface area contributed by atoms with Gasteiger partial charge in [-0.2, -0.15) is 0 Å². The Hall–Kier alpha value is -2.65. The zero-order chi connectivity index (χ0) is 22.9. The van der Waals surface area contributed by atoms with Crippen LogP contribution in [0.1, 0.15) is 21.1 Å². The van der Waals surface area contributed by atoms with Gasteiger partial charge in [0.1, 0.15) is 10.7 Å². The Labute approximate surface area is 200 Å². The van der Waals surface area contributed by atoms with Crippen molar-refractivity contribution in [2.75, 3.05) is 25.6 Å². The summed E-state index contributed by atoms with van der Waals surface area (Å²) in [5.74, 6) is -0.264. The SMILES string of the molecule is COCCN(Cc1nc(C(=O)NCc2ccccc2)cs1)C(=O)Nc1ccc(Cl)c(Cl)c1. The third-order valence-corrected chi connectivity index (χ3v) is 6.00. The van der Waals surface area contributed by atoms with E-state index < -0.39 is 0 Å². The molecule has 0 aliphatic carbocycles. The van der Waals surface area contributed by atoms with Crippen LogP contribution in [0.4, 0.5) is 10.5 Å². The average molecular weight is 493 g/mol. The summed E-state index contributed by atoms with van der Waals surface area (Å²) in [6.45, 7) is 1.34. The molecule has 0 aliphatic heterocycles. The zero-order valence-electron chi connectivity index (χ0n) is 17.3. The highest BCUT2D eigenvalue weighted by Gasteiger charge is 2.18. The average Bonchev–Trinajstić information content (AvgIpc) is 3.27. The van der Waals surface area contributed by atoms with Gasteiger partial charge in [-0.1, -0.05) is 53.5 Å². The molecule has 0 aliphatic rings. The number of nitrogens with one attached hydrogen (secondary N) is 2. The first-order chi connectivity index (χ1) is 15.5. The van der Waals surface area contributed by atoms with Gasteiger partial charge in [0.05, 0.1) is 23.2 Å². The standard InChI is InChI=1S/C22H22Cl2N4O3S/c1-31-10-9-28(22(30)26-16-7-8-17(23)18(24)11-16)13-20-27-19(14-32-20)21(29)25-12-15-5-3-2-4-6-15/h2-8,11,14H,9-10,12-13H2,1H3,(H,25,29)(H,26,30). The number of hydrogen-bond donors (Lipinski definition) is 2. The maximum absolute atomic E-state index is 12.8. The Kier molecular flexibility index (Phi) is 8.87. The fourth-order valence-electron chi connectivity index (χ4n) is 2.75. The van der Waals surface area contributed by atoms with Crippen molar-refractivity contribution in [2.24, 2.45) is 0 Å². The summed E-state index contributed by atoms with van der Waals surface area (Å²) in [7, 11) is 1.56. The lowest BCUT2D eigenvalue weighted by atomic mass is 10.2. The second-order valence-electron chi connectivity index (χ2n) is 6.77.